The number of rotatable bonds is 11. The molecule has 0 heterocycles. The molecule has 0 aromatic heterocycles. The number of aryl methyl sites for hydroxylation is 3. The second kappa shape index (κ2) is 12.7. The Kier molecular flexibility index (Phi) is 9.45. The van der Waals surface area contributed by atoms with Crippen molar-refractivity contribution < 1.29 is 17.6 Å². The minimum Gasteiger partial charge on any atom is -0.206 e. The third-order valence-corrected chi connectivity index (χ3v) is 8.10. The molecule has 0 N–H and O–H groups in total. The number of unbranched alkanes of at least 4 members (excludes halogenated alkanes) is 3. The van der Waals surface area contributed by atoms with Crippen LogP contribution >= 0.6 is 0 Å². The Morgan fingerprint density at radius 3 is 2.03 bits per heavy atom. The van der Waals surface area contributed by atoms with Crippen LogP contribution in [0.2, 0.25) is 0 Å². The smallest absolute Gasteiger partial charge is 0.194 e. The average Bonchev–Trinajstić information content (AvgIpc) is 2.88. The summed E-state index contributed by atoms with van der Waals surface area (Å²) in [6.07, 6.45) is 15.0. The first kappa shape index (κ1) is 26.7. The average molecular weight is 499 g/mol. The first-order valence-electron chi connectivity index (χ1n) is 13.8. The largest absolute Gasteiger partial charge is 0.206 e. The van der Waals surface area contributed by atoms with Crippen LogP contribution in [-0.2, 0) is 19.3 Å². The van der Waals surface area contributed by atoms with E-state index in [1.54, 1.807) is 6.07 Å². The number of hydrogen-bond acceptors (Lipinski definition) is 0. The van der Waals surface area contributed by atoms with Crippen LogP contribution in [0.1, 0.15) is 87.8 Å². The monoisotopic (exact) mass is 498 g/mol. The molecule has 0 saturated heterocycles. The van der Waals surface area contributed by atoms with Crippen molar-refractivity contribution in [3.05, 3.63) is 82.4 Å². The van der Waals surface area contributed by atoms with Gasteiger partial charge in [-0.1, -0.05) is 95.0 Å². The van der Waals surface area contributed by atoms with Crippen LogP contribution in [0.3, 0.4) is 0 Å². The first-order valence-corrected chi connectivity index (χ1v) is 13.8. The van der Waals surface area contributed by atoms with Gasteiger partial charge in [0, 0.05) is 5.39 Å². The zero-order valence-electron chi connectivity index (χ0n) is 21.4. The van der Waals surface area contributed by atoms with E-state index >= 15 is 4.39 Å². The molecule has 1 fully saturated rings. The van der Waals surface area contributed by atoms with Crippen LogP contribution in [0.15, 0.2) is 42.5 Å². The number of halogens is 4. The lowest BCUT2D eigenvalue weighted by Crippen LogP contribution is -2.15. The second-order valence-electron chi connectivity index (χ2n) is 10.7. The molecule has 36 heavy (non-hydrogen) atoms. The lowest BCUT2D eigenvalue weighted by Gasteiger charge is -2.28. The second-order valence-corrected chi connectivity index (χ2v) is 10.7. The quantitative estimate of drug-likeness (QED) is 0.140. The van der Waals surface area contributed by atoms with Crippen molar-refractivity contribution in [2.24, 2.45) is 11.8 Å². The Labute approximate surface area is 213 Å². The summed E-state index contributed by atoms with van der Waals surface area (Å²) >= 11 is 0. The summed E-state index contributed by atoms with van der Waals surface area (Å²) < 4.78 is 55.3. The third-order valence-electron chi connectivity index (χ3n) is 8.10. The summed E-state index contributed by atoms with van der Waals surface area (Å²) in [5.41, 5.74) is 2.05. The first-order chi connectivity index (χ1) is 17.4. The summed E-state index contributed by atoms with van der Waals surface area (Å²) in [5.74, 6) is -2.47. The van der Waals surface area contributed by atoms with Gasteiger partial charge in [-0.3, -0.25) is 0 Å². The van der Waals surface area contributed by atoms with E-state index < -0.39 is 17.5 Å². The van der Waals surface area contributed by atoms with E-state index in [1.807, 2.05) is 18.2 Å². The number of hydrogen-bond donors (Lipinski definition) is 0. The molecule has 0 atom stereocenters. The van der Waals surface area contributed by atoms with Gasteiger partial charge in [0.2, 0.25) is 0 Å². The molecule has 0 spiro atoms. The SMILES string of the molecule is CCCCCCC1CCC(CCc2ccc3c(F)c(CCc4cc(F)c(F)c(F)c4)ccc3c2)CC1. The van der Waals surface area contributed by atoms with E-state index in [-0.39, 0.29) is 18.7 Å². The van der Waals surface area contributed by atoms with Crippen molar-refractivity contribution >= 4 is 10.8 Å². The topological polar surface area (TPSA) is 0 Å². The molecule has 0 amide bonds. The standard InChI is InChI=1S/C32H38F4/c1-2-3-4-5-6-22-7-9-23(10-8-22)11-12-24-14-18-28-27(19-24)17-16-26(31(28)35)15-13-25-20-29(33)32(36)30(34)21-25/h14,16-23H,2-13,15H2,1H3. The van der Waals surface area contributed by atoms with Gasteiger partial charge in [0.25, 0.3) is 0 Å². The van der Waals surface area contributed by atoms with Gasteiger partial charge in [0.15, 0.2) is 17.5 Å². The van der Waals surface area contributed by atoms with E-state index in [2.05, 4.69) is 13.0 Å². The molecule has 4 heteroatoms. The Morgan fingerprint density at radius 1 is 0.639 bits per heavy atom. The highest BCUT2D eigenvalue weighted by atomic mass is 19.2. The molecule has 1 saturated carbocycles. The molecular weight excluding hydrogens is 460 g/mol. The van der Waals surface area contributed by atoms with Gasteiger partial charge in [-0.15, -0.1) is 0 Å². The van der Waals surface area contributed by atoms with Gasteiger partial charge in [-0.2, -0.15) is 0 Å². The van der Waals surface area contributed by atoms with Crippen molar-refractivity contribution in [3.8, 4) is 0 Å². The van der Waals surface area contributed by atoms with Crippen LogP contribution in [0.5, 0.6) is 0 Å². The number of fused-ring (bicyclic) bond motifs is 1. The maximum atomic E-state index is 15.2. The maximum Gasteiger partial charge on any atom is 0.194 e. The fourth-order valence-electron chi connectivity index (χ4n) is 5.81. The molecule has 3 aromatic carbocycles. The molecule has 0 radical (unpaired) electrons. The summed E-state index contributed by atoms with van der Waals surface area (Å²) in [5, 5.41) is 1.44. The van der Waals surface area contributed by atoms with Crippen molar-refractivity contribution in [1.29, 1.82) is 0 Å². The minimum absolute atomic E-state index is 0.232. The van der Waals surface area contributed by atoms with E-state index in [9.17, 15) is 13.2 Å². The molecule has 194 valence electrons. The fourth-order valence-corrected chi connectivity index (χ4v) is 5.81. The van der Waals surface area contributed by atoms with Gasteiger partial charge in [-0.25, -0.2) is 17.6 Å². The van der Waals surface area contributed by atoms with Crippen molar-refractivity contribution in [2.75, 3.05) is 0 Å². The normalized spacial score (nSPS) is 18.1. The zero-order chi connectivity index (χ0) is 25.5. The van der Waals surface area contributed by atoms with Crippen LogP contribution in [0.4, 0.5) is 17.6 Å². The highest BCUT2D eigenvalue weighted by Crippen LogP contribution is 2.34. The van der Waals surface area contributed by atoms with Crippen molar-refractivity contribution in [3.63, 3.8) is 0 Å². The predicted octanol–water partition coefficient (Wildman–Crippen LogP) is 9.89. The van der Waals surface area contributed by atoms with E-state index in [0.29, 0.717) is 16.5 Å². The summed E-state index contributed by atoms with van der Waals surface area (Å²) in [7, 11) is 0. The zero-order valence-corrected chi connectivity index (χ0v) is 21.4. The van der Waals surface area contributed by atoms with E-state index in [1.165, 1.54) is 69.8 Å². The Bertz CT molecular complexity index is 1120. The molecule has 0 bridgehead atoms. The molecular formula is C32H38F4. The summed E-state index contributed by atoms with van der Waals surface area (Å²) in [4.78, 5) is 0. The molecule has 1 aliphatic carbocycles. The Hall–Kier alpha value is -2.36. The van der Waals surface area contributed by atoms with Gasteiger partial charge >= 0.3 is 0 Å². The summed E-state index contributed by atoms with van der Waals surface area (Å²) in [6, 6.07) is 11.6. The van der Waals surface area contributed by atoms with Crippen LogP contribution < -0.4 is 0 Å². The lowest BCUT2D eigenvalue weighted by molar-refractivity contribution is 0.249. The minimum atomic E-state index is -1.48. The molecule has 0 unspecified atom stereocenters. The van der Waals surface area contributed by atoms with Gasteiger partial charge < -0.3 is 0 Å². The number of benzene rings is 3. The van der Waals surface area contributed by atoms with E-state index in [0.717, 1.165) is 35.8 Å². The van der Waals surface area contributed by atoms with Crippen LogP contribution in [0.25, 0.3) is 10.8 Å². The van der Waals surface area contributed by atoms with Gasteiger partial charge in [0.1, 0.15) is 5.82 Å². The predicted molar refractivity (Wildman–Crippen MR) is 140 cm³/mol. The maximum absolute atomic E-state index is 15.2. The molecule has 3 aromatic rings. The fraction of sp³-hybridized carbons (Fsp3) is 0.500. The molecule has 0 nitrogen and oxygen atoms in total. The van der Waals surface area contributed by atoms with Crippen LogP contribution in [-0.4, -0.2) is 0 Å². The summed E-state index contributed by atoms with van der Waals surface area (Å²) in [6.45, 7) is 2.26. The highest BCUT2D eigenvalue weighted by molar-refractivity contribution is 5.84. The highest BCUT2D eigenvalue weighted by Gasteiger charge is 2.21. The molecule has 1 aliphatic rings. The van der Waals surface area contributed by atoms with Crippen LogP contribution in [0, 0.1) is 35.1 Å². The third kappa shape index (κ3) is 6.89. The van der Waals surface area contributed by atoms with Gasteiger partial charge in [-0.05, 0) is 71.7 Å². The molecule has 0 aliphatic heterocycles. The van der Waals surface area contributed by atoms with Crippen molar-refractivity contribution in [2.45, 2.75) is 90.4 Å². The van der Waals surface area contributed by atoms with Crippen molar-refractivity contribution in [1.82, 2.24) is 0 Å². The van der Waals surface area contributed by atoms with E-state index in [4.69, 9.17) is 0 Å². The lowest BCUT2D eigenvalue weighted by atomic mass is 9.77. The Morgan fingerprint density at radius 2 is 1.33 bits per heavy atom. The van der Waals surface area contributed by atoms with Gasteiger partial charge in [0.05, 0.1) is 0 Å². The Balaban J connectivity index is 1.30. The molecule has 4 rings (SSSR count).